The van der Waals surface area contributed by atoms with E-state index in [-0.39, 0.29) is 11.8 Å². The number of rotatable bonds is 6. The van der Waals surface area contributed by atoms with Crippen LogP contribution in [0.25, 0.3) is 0 Å². The van der Waals surface area contributed by atoms with Gasteiger partial charge in [0.2, 0.25) is 5.91 Å². The largest absolute Gasteiger partial charge is 0.325 e. The summed E-state index contributed by atoms with van der Waals surface area (Å²) in [6, 6.07) is 23.1. The maximum absolute atomic E-state index is 13.6. The summed E-state index contributed by atoms with van der Waals surface area (Å²) in [6.07, 6.45) is 1.11. The highest BCUT2D eigenvalue weighted by molar-refractivity contribution is 8.15. The zero-order valence-corrected chi connectivity index (χ0v) is 21.4. The molecule has 1 N–H and O–H groups in total. The summed E-state index contributed by atoms with van der Waals surface area (Å²) in [5, 5.41) is 3.15. The van der Waals surface area contributed by atoms with Gasteiger partial charge in [-0.25, -0.2) is 9.89 Å². The summed E-state index contributed by atoms with van der Waals surface area (Å²) in [6.45, 7) is 5.95. The number of hydrogen-bond acceptors (Lipinski definition) is 5. The van der Waals surface area contributed by atoms with Crippen LogP contribution in [-0.4, -0.2) is 39.0 Å². The number of aliphatic imine (C=N–C) groups is 2. The highest BCUT2D eigenvalue weighted by Gasteiger charge is 2.42. The third kappa shape index (κ3) is 4.71. The number of nitrogens with zero attached hydrogens (tertiary/aromatic N) is 3. The molecule has 2 heterocycles. The Labute approximate surface area is 215 Å². The second kappa shape index (κ2) is 10.1. The molecule has 36 heavy (non-hydrogen) atoms. The van der Waals surface area contributed by atoms with E-state index < -0.39 is 11.3 Å². The second-order valence-electron chi connectivity index (χ2n) is 9.07. The average molecular weight is 497 g/mol. The van der Waals surface area contributed by atoms with Gasteiger partial charge < -0.3 is 5.32 Å². The van der Waals surface area contributed by atoms with Crippen molar-refractivity contribution in [3.63, 3.8) is 0 Å². The van der Waals surface area contributed by atoms with Gasteiger partial charge in [-0.1, -0.05) is 73.3 Å². The molecule has 0 radical (unpaired) electrons. The smallest absolute Gasteiger partial charge is 0.259 e. The molecule has 7 heteroatoms. The number of amides is 2. The van der Waals surface area contributed by atoms with E-state index in [4.69, 9.17) is 9.98 Å². The summed E-state index contributed by atoms with van der Waals surface area (Å²) in [4.78, 5) is 38.1. The summed E-state index contributed by atoms with van der Waals surface area (Å²) in [7, 11) is 0. The zero-order chi connectivity index (χ0) is 25.2. The summed E-state index contributed by atoms with van der Waals surface area (Å²) >= 11 is 1.32. The molecule has 2 aliphatic heterocycles. The van der Waals surface area contributed by atoms with E-state index in [0.29, 0.717) is 23.8 Å². The summed E-state index contributed by atoms with van der Waals surface area (Å²) in [5.74, 6) is 0.391. The van der Waals surface area contributed by atoms with Gasteiger partial charge in [0.15, 0.2) is 5.17 Å². The number of hydrogen-bond donors (Lipinski definition) is 1. The van der Waals surface area contributed by atoms with Crippen molar-refractivity contribution >= 4 is 46.0 Å². The van der Waals surface area contributed by atoms with E-state index in [1.807, 2.05) is 93.6 Å². The van der Waals surface area contributed by atoms with Crippen molar-refractivity contribution in [3.05, 3.63) is 95.1 Å². The Bertz CT molecular complexity index is 1380. The number of amidine groups is 2. The SMILES string of the molecule is CCC(SC1=Nc2ccccc2C2=NC(Cc3ccccc3)C(=O)N12)C(=O)Nc1cc(C)ccc1C. The van der Waals surface area contributed by atoms with Crippen LogP contribution in [0.4, 0.5) is 11.4 Å². The fourth-order valence-electron chi connectivity index (χ4n) is 4.38. The maximum atomic E-state index is 13.6. The van der Waals surface area contributed by atoms with Crippen LogP contribution in [0.15, 0.2) is 82.8 Å². The third-order valence-corrected chi connectivity index (χ3v) is 7.70. The molecule has 0 saturated heterocycles. The minimum Gasteiger partial charge on any atom is -0.325 e. The van der Waals surface area contributed by atoms with E-state index in [1.165, 1.54) is 11.8 Å². The topological polar surface area (TPSA) is 74.1 Å². The molecule has 2 aliphatic rings. The van der Waals surface area contributed by atoms with E-state index >= 15 is 0 Å². The van der Waals surface area contributed by atoms with Gasteiger partial charge in [0.25, 0.3) is 5.91 Å². The molecule has 0 aromatic heterocycles. The normalized spacial score (nSPS) is 17.1. The number of para-hydroxylation sites is 1. The minimum atomic E-state index is -0.525. The first-order valence-corrected chi connectivity index (χ1v) is 13.0. The number of thioether (sulfide) groups is 1. The highest BCUT2D eigenvalue weighted by atomic mass is 32.2. The van der Waals surface area contributed by atoms with Crippen molar-refractivity contribution < 1.29 is 9.59 Å². The van der Waals surface area contributed by atoms with Gasteiger partial charge >= 0.3 is 0 Å². The number of carbonyl (C=O) groups excluding carboxylic acids is 2. The Morgan fingerprint density at radius 3 is 2.58 bits per heavy atom. The molecule has 3 aromatic carbocycles. The van der Waals surface area contributed by atoms with Gasteiger partial charge in [0, 0.05) is 17.7 Å². The zero-order valence-electron chi connectivity index (χ0n) is 20.6. The van der Waals surface area contributed by atoms with E-state index in [9.17, 15) is 9.59 Å². The molecule has 2 amide bonds. The number of nitrogens with one attached hydrogen (secondary N) is 1. The molecule has 0 fully saturated rings. The van der Waals surface area contributed by atoms with E-state index in [2.05, 4.69) is 5.32 Å². The first-order valence-electron chi connectivity index (χ1n) is 12.1. The lowest BCUT2D eigenvalue weighted by atomic mass is 10.1. The van der Waals surface area contributed by atoms with Crippen molar-refractivity contribution in [3.8, 4) is 0 Å². The summed E-state index contributed by atoms with van der Waals surface area (Å²) < 4.78 is 0. The number of anilines is 1. The van der Waals surface area contributed by atoms with Crippen LogP contribution >= 0.6 is 11.8 Å². The molecule has 0 aliphatic carbocycles. The van der Waals surface area contributed by atoms with Crippen molar-refractivity contribution in [2.24, 2.45) is 9.98 Å². The molecular formula is C29H28N4O2S. The number of fused-ring (bicyclic) bond motifs is 3. The Morgan fingerprint density at radius 2 is 1.81 bits per heavy atom. The van der Waals surface area contributed by atoms with Crippen LogP contribution < -0.4 is 5.32 Å². The lowest BCUT2D eigenvalue weighted by Gasteiger charge is -2.27. The van der Waals surface area contributed by atoms with Crippen LogP contribution in [-0.2, 0) is 16.0 Å². The highest BCUT2D eigenvalue weighted by Crippen LogP contribution is 2.36. The predicted octanol–water partition coefficient (Wildman–Crippen LogP) is 5.66. The monoisotopic (exact) mass is 496 g/mol. The van der Waals surface area contributed by atoms with Crippen molar-refractivity contribution in [2.45, 2.75) is 44.9 Å². The van der Waals surface area contributed by atoms with Gasteiger partial charge in [-0.2, -0.15) is 0 Å². The molecule has 182 valence electrons. The van der Waals surface area contributed by atoms with E-state index in [1.54, 1.807) is 4.90 Å². The Morgan fingerprint density at radius 1 is 1.06 bits per heavy atom. The lowest BCUT2D eigenvalue weighted by Crippen LogP contribution is -2.42. The first kappa shape index (κ1) is 24.0. The Kier molecular flexibility index (Phi) is 6.74. The number of benzene rings is 3. The van der Waals surface area contributed by atoms with Crippen molar-refractivity contribution in [2.75, 3.05) is 5.32 Å². The third-order valence-electron chi connectivity index (χ3n) is 6.38. The quantitative estimate of drug-likeness (QED) is 0.479. The fourth-order valence-corrected chi connectivity index (χ4v) is 5.40. The van der Waals surface area contributed by atoms with Crippen LogP contribution in [0.2, 0.25) is 0 Å². The van der Waals surface area contributed by atoms with Crippen LogP contribution in [0, 0.1) is 13.8 Å². The van der Waals surface area contributed by atoms with Crippen LogP contribution in [0.1, 0.15) is 35.6 Å². The second-order valence-corrected chi connectivity index (χ2v) is 10.2. The molecule has 2 atom stereocenters. The van der Waals surface area contributed by atoms with Crippen molar-refractivity contribution in [1.82, 2.24) is 4.90 Å². The van der Waals surface area contributed by atoms with Gasteiger partial charge in [0.05, 0.1) is 10.9 Å². The van der Waals surface area contributed by atoms with Gasteiger partial charge in [-0.15, -0.1) is 0 Å². The van der Waals surface area contributed by atoms with Crippen molar-refractivity contribution in [1.29, 1.82) is 0 Å². The molecule has 3 aromatic rings. The molecular weight excluding hydrogens is 468 g/mol. The van der Waals surface area contributed by atoms with Gasteiger partial charge in [-0.3, -0.25) is 14.6 Å². The predicted molar refractivity (Wildman–Crippen MR) is 147 cm³/mol. The molecule has 6 nitrogen and oxygen atoms in total. The lowest BCUT2D eigenvalue weighted by molar-refractivity contribution is -0.124. The molecule has 0 saturated carbocycles. The molecule has 0 spiro atoms. The Hall–Kier alpha value is -3.71. The molecule has 2 unspecified atom stereocenters. The Balaban J connectivity index is 1.43. The number of carbonyl (C=O) groups is 2. The fraction of sp³-hybridized carbons (Fsp3) is 0.241. The molecule has 0 bridgehead atoms. The first-order chi connectivity index (χ1) is 17.4. The van der Waals surface area contributed by atoms with Gasteiger partial charge in [0.1, 0.15) is 11.9 Å². The standard InChI is InChI=1S/C29H28N4O2S/c1-4-25(27(34)31-23-16-18(2)14-15-19(23)3)36-29-32-22-13-9-8-12-21(22)26-30-24(28(35)33(26)29)17-20-10-6-5-7-11-20/h5-16,24-25H,4,17H2,1-3H3,(H,31,34). The van der Waals surface area contributed by atoms with Crippen LogP contribution in [0.5, 0.6) is 0 Å². The van der Waals surface area contributed by atoms with E-state index in [0.717, 1.165) is 33.6 Å². The number of aryl methyl sites for hydroxylation is 2. The summed E-state index contributed by atoms with van der Waals surface area (Å²) in [5.41, 5.74) is 5.53. The van der Waals surface area contributed by atoms with Crippen LogP contribution in [0.3, 0.4) is 0 Å². The van der Waals surface area contributed by atoms with Gasteiger partial charge in [-0.05, 0) is 55.2 Å². The minimum absolute atomic E-state index is 0.108. The molecule has 5 rings (SSSR count). The average Bonchev–Trinajstić information content (AvgIpc) is 3.21. The maximum Gasteiger partial charge on any atom is 0.259 e.